The zero-order valence-electron chi connectivity index (χ0n) is 20.5. The van der Waals surface area contributed by atoms with Crippen LogP contribution in [-0.2, 0) is 29.0 Å². The van der Waals surface area contributed by atoms with Crippen molar-refractivity contribution in [1.29, 1.82) is 0 Å². The minimum atomic E-state index is -4.60. The second-order valence-corrected chi connectivity index (χ2v) is 13.0. The van der Waals surface area contributed by atoms with Crippen LogP contribution in [0.4, 0.5) is 19.0 Å². The Balaban J connectivity index is 1.44. The van der Waals surface area contributed by atoms with Crippen molar-refractivity contribution >= 4 is 37.4 Å². The SMILES string of the molecule is CC1CCc2c(sc3nc(C(C)C)nc(N4CCN(S(=O)(=O)c5cccc(C(F)(F)F)c5)CC4)c23)C1. The van der Waals surface area contributed by atoms with E-state index in [1.54, 1.807) is 11.3 Å². The quantitative estimate of drug-likeness (QED) is 0.441. The number of piperazine rings is 1. The van der Waals surface area contributed by atoms with E-state index in [2.05, 4.69) is 25.7 Å². The summed E-state index contributed by atoms with van der Waals surface area (Å²) in [6.07, 6.45) is -1.46. The molecule has 1 aliphatic carbocycles. The van der Waals surface area contributed by atoms with E-state index >= 15 is 0 Å². The molecule has 1 atom stereocenters. The smallest absolute Gasteiger partial charge is 0.353 e. The van der Waals surface area contributed by atoms with E-state index in [1.807, 2.05) is 0 Å². The van der Waals surface area contributed by atoms with E-state index in [9.17, 15) is 21.6 Å². The van der Waals surface area contributed by atoms with Crippen LogP contribution in [0.25, 0.3) is 10.2 Å². The molecule has 36 heavy (non-hydrogen) atoms. The highest BCUT2D eigenvalue weighted by Crippen LogP contribution is 2.42. The molecule has 1 saturated heterocycles. The Hall–Kier alpha value is -2.24. The lowest BCUT2D eigenvalue weighted by Gasteiger charge is -2.35. The van der Waals surface area contributed by atoms with E-state index in [0.29, 0.717) is 25.1 Å². The maximum atomic E-state index is 13.2. The van der Waals surface area contributed by atoms with E-state index < -0.39 is 21.8 Å². The van der Waals surface area contributed by atoms with Crippen LogP contribution in [0.1, 0.15) is 54.9 Å². The van der Waals surface area contributed by atoms with Gasteiger partial charge in [-0.3, -0.25) is 0 Å². The second-order valence-electron chi connectivity index (χ2n) is 10.0. The lowest BCUT2D eigenvalue weighted by atomic mass is 9.89. The van der Waals surface area contributed by atoms with E-state index in [-0.39, 0.29) is 23.9 Å². The minimum absolute atomic E-state index is 0.147. The van der Waals surface area contributed by atoms with Gasteiger partial charge >= 0.3 is 6.18 Å². The van der Waals surface area contributed by atoms with Crippen LogP contribution in [-0.4, -0.2) is 48.9 Å². The van der Waals surface area contributed by atoms with Crippen LogP contribution in [0.2, 0.25) is 0 Å². The molecule has 0 spiro atoms. The monoisotopic (exact) mass is 538 g/mol. The van der Waals surface area contributed by atoms with E-state index in [0.717, 1.165) is 53.3 Å². The summed E-state index contributed by atoms with van der Waals surface area (Å²) in [4.78, 5) is 13.9. The van der Waals surface area contributed by atoms with Crippen molar-refractivity contribution < 1.29 is 21.6 Å². The number of benzene rings is 1. The molecule has 0 saturated carbocycles. The van der Waals surface area contributed by atoms with Crippen molar-refractivity contribution in [1.82, 2.24) is 14.3 Å². The molecular weight excluding hydrogens is 509 g/mol. The number of hydrogen-bond donors (Lipinski definition) is 0. The van der Waals surface area contributed by atoms with Gasteiger partial charge in [-0.25, -0.2) is 18.4 Å². The zero-order valence-corrected chi connectivity index (χ0v) is 22.1. The Kier molecular flexibility index (Phi) is 6.53. The summed E-state index contributed by atoms with van der Waals surface area (Å²) in [6.45, 7) is 7.53. The Morgan fingerprint density at radius 2 is 1.83 bits per heavy atom. The topological polar surface area (TPSA) is 66.4 Å². The van der Waals surface area contributed by atoms with Crippen molar-refractivity contribution in [2.45, 2.75) is 57.0 Å². The second kappa shape index (κ2) is 9.25. The summed E-state index contributed by atoms with van der Waals surface area (Å²) in [5.41, 5.74) is 0.348. The van der Waals surface area contributed by atoms with Crippen LogP contribution < -0.4 is 4.90 Å². The zero-order chi connectivity index (χ0) is 25.8. The number of fused-ring (bicyclic) bond motifs is 3. The molecule has 11 heteroatoms. The summed E-state index contributed by atoms with van der Waals surface area (Å²) < 4.78 is 67.0. The van der Waals surface area contributed by atoms with Gasteiger partial charge in [0.25, 0.3) is 0 Å². The molecule has 1 fully saturated rings. The van der Waals surface area contributed by atoms with Gasteiger partial charge in [0.1, 0.15) is 16.5 Å². The number of rotatable bonds is 4. The number of hydrogen-bond acceptors (Lipinski definition) is 6. The van der Waals surface area contributed by atoms with Crippen molar-refractivity contribution in [2.75, 3.05) is 31.1 Å². The third kappa shape index (κ3) is 4.61. The standard InChI is InChI=1S/C25H29F3N4O2S2/c1-15(2)22-29-23(21-19-8-7-16(3)13-20(19)35-24(21)30-22)31-9-11-32(12-10-31)36(33,34)18-6-4-5-17(14-18)25(26,27)28/h4-6,14-16H,7-13H2,1-3H3. The van der Waals surface area contributed by atoms with Gasteiger partial charge in [0, 0.05) is 37.0 Å². The van der Waals surface area contributed by atoms with Crippen LogP contribution >= 0.6 is 11.3 Å². The lowest BCUT2D eigenvalue weighted by Crippen LogP contribution is -2.49. The van der Waals surface area contributed by atoms with Crippen LogP contribution in [0.3, 0.4) is 0 Å². The van der Waals surface area contributed by atoms with Crippen LogP contribution in [0, 0.1) is 5.92 Å². The molecule has 1 aromatic carbocycles. The van der Waals surface area contributed by atoms with Gasteiger partial charge in [0.2, 0.25) is 10.0 Å². The van der Waals surface area contributed by atoms with Gasteiger partial charge in [-0.05, 0) is 48.9 Å². The predicted molar refractivity (Wildman–Crippen MR) is 135 cm³/mol. The third-order valence-electron chi connectivity index (χ3n) is 7.01. The molecule has 5 rings (SSSR count). The predicted octanol–water partition coefficient (Wildman–Crippen LogP) is 5.47. The Bertz CT molecular complexity index is 1390. The van der Waals surface area contributed by atoms with Crippen molar-refractivity contribution in [2.24, 2.45) is 5.92 Å². The first-order valence-electron chi connectivity index (χ1n) is 12.2. The number of sulfonamides is 1. The maximum Gasteiger partial charge on any atom is 0.416 e. The summed E-state index contributed by atoms with van der Waals surface area (Å²) in [5.74, 6) is 2.40. The molecule has 0 bridgehead atoms. The molecule has 1 aliphatic heterocycles. The van der Waals surface area contributed by atoms with E-state index in [1.165, 1.54) is 20.8 Å². The fraction of sp³-hybridized carbons (Fsp3) is 0.520. The van der Waals surface area contributed by atoms with Crippen molar-refractivity contribution in [3.05, 3.63) is 46.1 Å². The average Bonchev–Trinajstić information content (AvgIpc) is 3.20. The first kappa shape index (κ1) is 25.4. The Labute approximate surface area is 213 Å². The van der Waals surface area contributed by atoms with Crippen molar-refractivity contribution in [3.8, 4) is 0 Å². The molecule has 2 aromatic heterocycles. The van der Waals surface area contributed by atoms with Gasteiger partial charge in [0.05, 0.1) is 15.8 Å². The molecule has 3 heterocycles. The summed E-state index contributed by atoms with van der Waals surface area (Å²) in [6, 6.07) is 3.95. The number of thiophene rings is 1. The first-order valence-corrected chi connectivity index (χ1v) is 14.5. The fourth-order valence-electron chi connectivity index (χ4n) is 4.95. The number of alkyl halides is 3. The lowest BCUT2D eigenvalue weighted by molar-refractivity contribution is -0.137. The third-order valence-corrected chi connectivity index (χ3v) is 10.0. The summed E-state index contributed by atoms with van der Waals surface area (Å²) in [7, 11) is -4.05. The largest absolute Gasteiger partial charge is 0.416 e. The van der Waals surface area contributed by atoms with Crippen LogP contribution in [0.15, 0.2) is 29.2 Å². The molecule has 0 N–H and O–H groups in total. The summed E-state index contributed by atoms with van der Waals surface area (Å²) >= 11 is 1.74. The number of halogens is 3. The summed E-state index contributed by atoms with van der Waals surface area (Å²) in [5, 5.41) is 1.08. The van der Waals surface area contributed by atoms with Crippen LogP contribution in [0.5, 0.6) is 0 Å². The van der Waals surface area contributed by atoms with Gasteiger partial charge in [0.15, 0.2) is 0 Å². The average molecular weight is 539 g/mol. The van der Waals surface area contributed by atoms with Crippen molar-refractivity contribution in [3.63, 3.8) is 0 Å². The number of anilines is 1. The Morgan fingerprint density at radius 3 is 2.50 bits per heavy atom. The molecule has 194 valence electrons. The Morgan fingerprint density at radius 1 is 1.11 bits per heavy atom. The number of aryl methyl sites for hydroxylation is 1. The number of aromatic nitrogens is 2. The normalized spacial score (nSPS) is 19.8. The fourth-order valence-corrected chi connectivity index (χ4v) is 7.80. The molecule has 2 aliphatic rings. The molecular formula is C25H29F3N4O2S2. The van der Waals surface area contributed by atoms with E-state index in [4.69, 9.17) is 9.97 Å². The maximum absolute atomic E-state index is 13.2. The first-order chi connectivity index (χ1) is 16.9. The van der Waals surface area contributed by atoms with Gasteiger partial charge in [-0.1, -0.05) is 26.8 Å². The highest BCUT2D eigenvalue weighted by atomic mass is 32.2. The molecule has 3 aromatic rings. The number of nitrogens with zero attached hydrogens (tertiary/aromatic N) is 4. The van der Waals surface area contributed by atoms with Gasteiger partial charge in [-0.2, -0.15) is 17.5 Å². The van der Waals surface area contributed by atoms with Gasteiger partial charge < -0.3 is 4.90 Å². The highest BCUT2D eigenvalue weighted by Gasteiger charge is 2.35. The molecule has 1 unspecified atom stereocenters. The molecule has 0 radical (unpaired) electrons. The highest BCUT2D eigenvalue weighted by molar-refractivity contribution is 7.89. The molecule has 0 amide bonds. The molecule has 6 nitrogen and oxygen atoms in total. The minimum Gasteiger partial charge on any atom is -0.353 e. The van der Waals surface area contributed by atoms with Gasteiger partial charge in [-0.15, -0.1) is 11.3 Å².